The molecule has 0 bridgehead atoms. The highest BCUT2D eigenvalue weighted by atomic mass is 35.5. The van der Waals surface area contributed by atoms with Crippen LogP contribution in [0.4, 0.5) is 5.69 Å². The van der Waals surface area contributed by atoms with Gasteiger partial charge in [-0.1, -0.05) is 11.6 Å². The lowest BCUT2D eigenvalue weighted by atomic mass is 10.1. The summed E-state index contributed by atoms with van der Waals surface area (Å²) in [5.41, 5.74) is 1.05. The Bertz CT molecular complexity index is 582. The molecule has 3 rings (SSSR count). The molecule has 118 valence electrons. The quantitative estimate of drug-likeness (QED) is 0.850. The molecule has 1 saturated heterocycles. The molecule has 0 saturated carbocycles. The normalized spacial score (nSPS) is 18.1. The maximum absolute atomic E-state index is 5.81. The van der Waals surface area contributed by atoms with Crippen LogP contribution in [0.15, 0.2) is 30.5 Å². The van der Waals surface area contributed by atoms with Crippen LogP contribution in [0.3, 0.4) is 0 Å². The van der Waals surface area contributed by atoms with E-state index in [1.165, 1.54) is 24.2 Å². The van der Waals surface area contributed by atoms with E-state index in [9.17, 15) is 0 Å². The van der Waals surface area contributed by atoms with Gasteiger partial charge in [-0.2, -0.15) is 0 Å². The molecule has 1 unspecified atom stereocenters. The topological polar surface area (TPSA) is 43.4 Å². The Morgan fingerprint density at radius 3 is 2.86 bits per heavy atom. The molecule has 0 radical (unpaired) electrons. The molecule has 1 aromatic heterocycles. The van der Waals surface area contributed by atoms with Crippen LogP contribution in [-0.2, 0) is 11.3 Å². The smallest absolute Gasteiger partial charge is 0.183 e. The summed E-state index contributed by atoms with van der Waals surface area (Å²) in [6.07, 6.45) is 5.53. The van der Waals surface area contributed by atoms with Crippen LogP contribution in [-0.4, -0.2) is 24.3 Å². The molecule has 0 aliphatic carbocycles. The molecular weight excluding hydrogens is 320 g/mol. The fourth-order valence-electron chi connectivity index (χ4n) is 2.35. The van der Waals surface area contributed by atoms with E-state index in [0.29, 0.717) is 11.1 Å². The minimum atomic E-state index is 0.239. The molecule has 22 heavy (non-hydrogen) atoms. The number of hydrogen-bond acceptors (Lipinski definition) is 5. The molecule has 1 N–H and O–H groups in total. The van der Waals surface area contributed by atoms with Gasteiger partial charge in [-0.05, 0) is 43.5 Å². The van der Waals surface area contributed by atoms with Crippen molar-refractivity contribution in [3.8, 4) is 5.75 Å². The van der Waals surface area contributed by atoms with Gasteiger partial charge in [0.15, 0.2) is 4.47 Å². The van der Waals surface area contributed by atoms with Crippen molar-refractivity contribution in [1.82, 2.24) is 4.98 Å². The lowest BCUT2D eigenvalue weighted by Gasteiger charge is -2.22. The number of benzene rings is 1. The fraction of sp³-hybridized carbons (Fsp3) is 0.438. The van der Waals surface area contributed by atoms with Gasteiger partial charge in [0.05, 0.1) is 12.6 Å². The third-order valence-corrected chi connectivity index (χ3v) is 4.67. The van der Waals surface area contributed by atoms with Crippen LogP contribution in [0.5, 0.6) is 5.75 Å². The number of hydrogen-bond donors (Lipinski definition) is 1. The molecule has 1 aromatic carbocycles. The van der Waals surface area contributed by atoms with Crippen LogP contribution < -0.4 is 10.1 Å². The van der Waals surface area contributed by atoms with Crippen LogP contribution >= 0.6 is 22.9 Å². The van der Waals surface area contributed by atoms with Crippen molar-refractivity contribution in [1.29, 1.82) is 0 Å². The fourth-order valence-corrected chi connectivity index (χ4v) is 3.27. The summed E-state index contributed by atoms with van der Waals surface area (Å²) in [4.78, 5) is 5.13. The number of aromatic nitrogens is 1. The summed E-state index contributed by atoms with van der Waals surface area (Å²) in [5, 5.41) is 3.34. The van der Waals surface area contributed by atoms with Gasteiger partial charge in [0.2, 0.25) is 0 Å². The predicted molar refractivity (Wildman–Crippen MR) is 90.0 cm³/mol. The number of rotatable bonds is 6. The Labute approximate surface area is 139 Å². The number of nitrogens with zero attached hydrogens (tertiary/aromatic N) is 1. The first-order chi connectivity index (χ1) is 10.8. The first kappa shape index (κ1) is 15.6. The third-order valence-electron chi connectivity index (χ3n) is 3.56. The van der Waals surface area contributed by atoms with Gasteiger partial charge in [0.1, 0.15) is 12.4 Å². The van der Waals surface area contributed by atoms with Crippen molar-refractivity contribution in [2.45, 2.75) is 31.9 Å². The number of thiazole rings is 1. The first-order valence-corrected chi connectivity index (χ1v) is 8.67. The molecule has 0 spiro atoms. The van der Waals surface area contributed by atoms with Gasteiger partial charge >= 0.3 is 0 Å². The van der Waals surface area contributed by atoms with E-state index in [0.717, 1.165) is 35.9 Å². The van der Waals surface area contributed by atoms with E-state index in [-0.39, 0.29) is 6.10 Å². The summed E-state index contributed by atoms with van der Waals surface area (Å²) in [6.45, 7) is 2.21. The minimum absolute atomic E-state index is 0.239. The van der Waals surface area contributed by atoms with Gasteiger partial charge in [-0.25, -0.2) is 4.98 Å². The average Bonchev–Trinajstić information content (AvgIpc) is 2.98. The zero-order valence-corrected chi connectivity index (χ0v) is 13.8. The summed E-state index contributed by atoms with van der Waals surface area (Å²) >= 11 is 7.30. The highest BCUT2D eigenvalue weighted by molar-refractivity contribution is 7.15. The SMILES string of the molecule is Clc1ncc(CNc2ccc(OCC3CCCCO3)cc2)s1. The molecule has 1 aliphatic heterocycles. The van der Waals surface area contributed by atoms with Crippen molar-refractivity contribution in [2.24, 2.45) is 0 Å². The van der Waals surface area contributed by atoms with E-state index in [1.54, 1.807) is 6.20 Å². The van der Waals surface area contributed by atoms with Gasteiger partial charge in [-0.3, -0.25) is 0 Å². The molecule has 2 heterocycles. The molecule has 4 nitrogen and oxygen atoms in total. The summed E-state index contributed by atoms with van der Waals surface area (Å²) < 4.78 is 12.0. The maximum Gasteiger partial charge on any atom is 0.183 e. The van der Waals surface area contributed by atoms with Crippen LogP contribution in [0, 0.1) is 0 Å². The standard InChI is InChI=1S/C16H19ClN2O2S/c17-16-19-10-15(22-16)9-18-12-4-6-13(7-5-12)21-11-14-3-1-2-8-20-14/h4-7,10,14,18H,1-3,8-9,11H2. The first-order valence-electron chi connectivity index (χ1n) is 7.48. The second kappa shape index (κ2) is 7.81. The third kappa shape index (κ3) is 4.60. The van der Waals surface area contributed by atoms with E-state index < -0.39 is 0 Å². The van der Waals surface area contributed by atoms with Crippen molar-refractivity contribution < 1.29 is 9.47 Å². The monoisotopic (exact) mass is 338 g/mol. The molecule has 1 fully saturated rings. The van der Waals surface area contributed by atoms with Crippen molar-refractivity contribution >= 4 is 28.6 Å². The van der Waals surface area contributed by atoms with Gasteiger partial charge in [0, 0.05) is 23.4 Å². The molecule has 1 atom stereocenters. The maximum atomic E-state index is 5.81. The lowest BCUT2D eigenvalue weighted by Crippen LogP contribution is -2.25. The Morgan fingerprint density at radius 2 is 2.18 bits per heavy atom. The van der Waals surface area contributed by atoms with Crippen LogP contribution in [0.1, 0.15) is 24.1 Å². The zero-order valence-electron chi connectivity index (χ0n) is 12.3. The summed E-state index contributed by atoms with van der Waals surface area (Å²) in [5.74, 6) is 0.876. The second-order valence-electron chi connectivity index (χ2n) is 5.26. The molecule has 6 heteroatoms. The minimum Gasteiger partial charge on any atom is -0.491 e. The number of halogens is 1. The Morgan fingerprint density at radius 1 is 1.32 bits per heavy atom. The Kier molecular flexibility index (Phi) is 5.53. The Balaban J connectivity index is 1.45. The van der Waals surface area contributed by atoms with Crippen molar-refractivity contribution in [3.63, 3.8) is 0 Å². The lowest BCUT2D eigenvalue weighted by molar-refractivity contribution is -0.0110. The summed E-state index contributed by atoms with van der Waals surface area (Å²) in [6, 6.07) is 7.98. The highest BCUT2D eigenvalue weighted by Crippen LogP contribution is 2.21. The molecule has 0 amide bonds. The molecule has 2 aromatic rings. The van der Waals surface area contributed by atoms with E-state index >= 15 is 0 Å². The van der Waals surface area contributed by atoms with Crippen LogP contribution in [0.25, 0.3) is 0 Å². The van der Waals surface area contributed by atoms with Crippen LogP contribution in [0.2, 0.25) is 4.47 Å². The number of ether oxygens (including phenoxy) is 2. The van der Waals surface area contributed by atoms with E-state index in [4.69, 9.17) is 21.1 Å². The van der Waals surface area contributed by atoms with Crippen molar-refractivity contribution in [2.75, 3.05) is 18.5 Å². The molecule has 1 aliphatic rings. The van der Waals surface area contributed by atoms with E-state index in [1.807, 2.05) is 24.3 Å². The van der Waals surface area contributed by atoms with Crippen molar-refractivity contribution in [3.05, 3.63) is 39.8 Å². The van der Waals surface area contributed by atoms with Gasteiger partial charge in [-0.15, -0.1) is 11.3 Å². The average molecular weight is 339 g/mol. The number of nitrogens with one attached hydrogen (secondary N) is 1. The number of anilines is 1. The van der Waals surface area contributed by atoms with E-state index in [2.05, 4.69) is 10.3 Å². The largest absolute Gasteiger partial charge is 0.491 e. The van der Waals surface area contributed by atoms with Gasteiger partial charge in [0.25, 0.3) is 0 Å². The second-order valence-corrected chi connectivity index (χ2v) is 6.95. The summed E-state index contributed by atoms with van der Waals surface area (Å²) in [7, 11) is 0. The van der Waals surface area contributed by atoms with Gasteiger partial charge < -0.3 is 14.8 Å². The molecular formula is C16H19ClN2O2S. The predicted octanol–water partition coefficient (Wildman–Crippen LogP) is 4.36. The highest BCUT2D eigenvalue weighted by Gasteiger charge is 2.14. The zero-order chi connectivity index (χ0) is 15.2. The Hall–Kier alpha value is -1.30.